The summed E-state index contributed by atoms with van der Waals surface area (Å²) in [4.78, 5) is 7.86. The van der Waals surface area contributed by atoms with E-state index in [1.165, 1.54) is 0 Å². The quantitative estimate of drug-likeness (QED) is 0.230. The largest absolute Gasteiger partial charge is 0.336 e. The number of nitrogens with zero attached hydrogens (tertiary/aromatic N) is 1. The number of nitrogens with one attached hydrogen (secondary N) is 3. The van der Waals surface area contributed by atoms with Crippen molar-refractivity contribution in [3.63, 3.8) is 0 Å². The third-order valence-corrected chi connectivity index (χ3v) is 24.2. The van der Waals surface area contributed by atoms with Crippen molar-refractivity contribution in [2.45, 2.75) is 117 Å². The second-order valence-corrected chi connectivity index (χ2v) is 29.6. The second-order valence-electron chi connectivity index (χ2n) is 14.1. The van der Waals surface area contributed by atoms with Gasteiger partial charge in [0, 0.05) is 39.3 Å². The van der Waals surface area contributed by atoms with Gasteiger partial charge < -0.3 is 19.8 Å². The molecule has 0 aliphatic rings. The molecule has 0 radical (unpaired) electrons. The van der Waals surface area contributed by atoms with Gasteiger partial charge in [-0.2, -0.15) is 0 Å². The molecule has 0 aromatic rings. The average Bonchev–Trinajstić information content (AvgIpc) is 2.52. The first-order valence-electron chi connectivity index (χ1n) is 12.5. The Labute approximate surface area is 200 Å². The summed E-state index contributed by atoms with van der Waals surface area (Å²) in [6.07, 6.45) is 0. The molecule has 188 valence electrons. The summed E-state index contributed by atoms with van der Waals surface area (Å²) < 4.78 is 2.83. The lowest BCUT2D eigenvalue weighted by Crippen LogP contribution is -2.60. The van der Waals surface area contributed by atoms with Crippen molar-refractivity contribution in [1.82, 2.24) is 19.8 Å². The van der Waals surface area contributed by atoms with Crippen molar-refractivity contribution < 1.29 is 0 Å². The van der Waals surface area contributed by atoms with Gasteiger partial charge in [0.1, 0.15) is 24.7 Å². The fourth-order valence-corrected chi connectivity index (χ4v) is 7.82. The van der Waals surface area contributed by atoms with Gasteiger partial charge in [0.05, 0.1) is 0 Å². The van der Waals surface area contributed by atoms with Crippen LogP contribution in [0.2, 0.25) is 54.4 Å². The Bertz CT molecular complexity index is 526. The van der Waals surface area contributed by atoms with Crippen molar-refractivity contribution in [2.75, 3.05) is 39.3 Å². The van der Waals surface area contributed by atoms with Gasteiger partial charge in [0.25, 0.3) is 0 Å². The molecule has 0 spiro atoms. The van der Waals surface area contributed by atoms with Gasteiger partial charge >= 0.3 is 0 Å². The molecule has 0 rings (SSSR count). The molecule has 0 fully saturated rings. The van der Waals surface area contributed by atoms with Crippen LogP contribution in [0.3, 0.4) is 0 Å². The average molecular weight is 489 g/mol. The van der Waals surface area contributed by atoms with Crippen LogP contribution in [0.4, 0.5) is 0 Å². The lowest BCUT2D eigenvalue weighted by Gasteiger charge is -2.47. The highest BCUT2D eigenvalue weighted by atomic mass is 28.3. The van der Waals surface area contributed by atoms with Gasteiger partial charge in [0.15, 0.2) is 0 Å². The molecule has 7 heteroatoms. The first-order chi connectivity index (χ1) is 13.6. The third-order valence-electron chi connectivity index (χ3n) is 8.75. The summed E-state index contributed by atoms with van der Waals surface area (Å²) in [5.41, 5.74) is 0. The lowest BCUT2D eigenvalue weighted by molar-refractivity contribution is 0.393. The Morgan fingerprint density at radius 1 is 0.516 bits per heavy atom. The predicted molar refractivity (Wildman–Crippen MR) is 152 cm³/mol. The molecule has 31 heavy (non-hydrogen) atoms. The topological polar surface area (TPSA) is 39.3 Å². The molecule has 0 aromatic carbocycles. The van der Waals surface area contributed by atoms with Gasteiger partial charge in [-0.15, -0.1) is 0 Å². The molecular weight excluding hydrogens is 429 g/mol. The molecule has 3 N–H and O–H groups in total. The minimum atomic E-state index is -1.54. The highest BCUT2D eigenvalue weighted by Gasteiger charge is 2.41. The summed E-state index contributed by atoms with van der Waals surface area (Å²) in [7, 11) is -4.37. The van der Waals surface area contributed by atoms with E-state index in [2.05, 4.69) is 121 Å². The van der Waals surface area contributed by atoms with Crippen LogP contribution in [0.1, 0.15) is 62.3 Å². The molecule has 0 aliphatic carbocycles. The van der Waals surface area contributed by atoms with Crippen molar-refractivity contribution in [2.24, 2.45) is 0 Å². The molecule has 0 aliphatic heterocycles. The standard InChI is InChI=1S/C24H60N4Si3/c1-22(2,3)29(10,11)26-17-16-25-18-20-28(31(14,15)24(7,8)9)21-19-27-30(12,13)23(4,5)6/h25-27H,16-21H2,1-15H3. The van der Waals surface area contributed by atoms with Crippen LogP contribution in [0, 0.1) is 0 Å². The van der Waals surface area contributed by atoms with E-state index in [1.807, 2.05) is 0 Å². The fourth-order valence-electron chi connectivity index (χ4n) is 2.98. The van der Waals surface area contributed by atoms with E-state index in [0.29, 0.717) is 15.1 Å². The first-order valence-corrected chi connectivity index (χ1v) is 21.5. The third kappa shape index (κ3) is 9.71. The van der Waals surface area contributed by atoms with Crippen molar-refractivity contribution in [1.29, 1.82) is 0 Å². The molecule has 0 amide bonds. The molecule has 4 nitrogen and oxygen atoms in total. The fraction of sp³-hybridized carbons (Fsp3) is 1.00. The van der Waals surface area contributed by atoms with Gasteiger partial charge in [-0.05, 0) is 15.1 Å². The number of hydrogen-bond acceptors (Lipinski definition) is 4. The minimum absolute atomic E-state index is 0.369. The van der Waals surface area contributed by atoms with Crippen LogP contribution in [0.15, 0.2) is 0 Å². The van der Waals surface area contributed by atoms with Crippen molar-refractivity contribution in [3.05, 3.63) is 0 Å². The zero-order valence-electron chi connectivity index (χ0n) is 24.2. The van der Waals surface area contributed by atoms with Gasteiger partial charge in [-0.3, -0.25) is 0 Å². The van der Waals surface area contributed by atoms with E-state index in [4.69, 9.17) is 0 Å². The Balaban J connectivity index is 4.80. The Kier molecular flexibility index (Phi) is 11.5. The van der Waals surface area contributed by atoms with Gasteiger partial charge in [-0.1, -0.05) is 102 Å². The molecule has 0 aromatic heterocycles. The normalized spacial score (nSPS) is 15.1. The maximum Gasteiger partial charge on any atom is 0.127 e. The van der Waals surface area contributed by atoms with E-state index in [-0.39, 0.29) is 0 Å². The number of rotatable bonds is 12. The summed E-state index contributed by atoms with van der Waals surface area (Å²) in [6.45, 7) is 43.1. The van der Waals surface area contributed by atoms with E-state index in [1.54, 1.807) is 0 Å². The highest BCUT2D eigenvalue weighted by Crippen LogP contribution is 2.38. The molecule has 0 atom stereocenters. The molecule has 0 unspecified atom stereocenters. The predicted octanol–water partition coefficient (Wildman–Crippen LogP) is 6.07. The molecule has 0 bridgehead atoms. The van der Waals surface area contributed by atoms with E-state index < -0.39 is 24.7 Å². The van der Waals surface area contributed by atoms with Crippen LogP contribution in [-0.4, -0.2) is 68.5 Å². The monoisotopic (exact) mass is 488 g/mol. The lowest BCUT2D eigenvalue weighted by atomic mass is 10.2. The Hall–Kier alpha value is 0.491. The van der Waals surface area contributed by atoms with Crippen LogP contribution in [-0.2, 0) is 0 Å². The highest BCUT2D eigenvalue weighted by molar-refractivity contribution is 6.78. The maximum absolute atomic E-state index is 3.99. The van der Waals surface area contributed by atoms with E-state index in [9.17, 15) is 0 Å². The smallest absolute Gasteiger partial charge is 0.127 e. The zero-order chi connectivity index (χ0) is 24.9. The molecule has 0 saturated carbocycles. The summed E-state index contributed by atoms with van der Waals surface area (Å²) in [6, 6.07) is 0. The van der Waals surface area contributed by atoms with Crippen molar-refractivity contribution >= 4 is 24.7 Å². The van der Waals surface area contributed by atoms with Crippen LogP contribution >= 0.6 is 0 Å². The molecular formula is C24H60N4Si3. The second kappa shape index (κ2) is 11.3. The maximum atomic E-state index is 3.99. The summed E-state index contributed by atoms with van der Waals surface area (Å²) in [5, 5.41) is 4.87. The van der Waals surface area contributed by atoms with Crippen molar-refractivity contribution in [3.8, 4) is 0 Å². The molecule has 0 heterocycles. The van der Waals surface area contributed by atoms with Crippen LogP contribution in [0.5, 0.6) is 0 Å². The van der Waals surface area contributed by atoms with E-state index >= 15 is 0 Å². The van der Waals surface area contributed by atoms with Crippen LogP contribution < -0.4 is 15.3 Å². The SMILES string of the molecule is CC(C)(C)[Si](C)(C)NCCNCCN(CCN[Si](C)(C)C(C)(C)C)[Si](C)(C)C(C)(C)C. The van der Waals surface area contributed by atoms with Gasteiger partial charge in [-0.25, -0.2) is 0 Å². The van der Waals surface area contributed by atoms with E-state index in [0.717, 1.165) is 39.3 Å². The summed E-state index contributed by atoms with van der Waals surface area (Å²) >= 11 is 0. The minimum Gasteiger partial charge on any atom is -0.336 e. The van der Waals surface area contributed by atoms with Gasteiger partial charge in [0.2, 0.25) is 0 Å². The zero-order valence-corrected chi connectivity index (χ0v) is 27.2. The Morgan fingerprint density at radius 3 is 1.29 bits per heavy atom. The summed E-state index contributed by atoms with van der Waals surface area (Å²) in [5.74, 6) is 0. The number of hydrogen-bond donors (Lipinski definition) is 3. The Morgan fingerprint density at radius 2 is 0.903 bits per heavy atom. The van der Waals surface area contributed by atoms with Crippen LogP contribution in [0.25, 0.3) is 0 Å². The first kappa shape index (κ1) is 31.5. The molecule has 0 saturated heterocycles.